The highest BCUT2D eigenvalue weighted by atomic mass is 32.2. The molecule has 27 heavy (non-hydrogen) atoms. The van der Waals surface area contributed by atoms with E-state index in [1.54, 1.807) is 0 Å². The normalized spacial score (nSPS) is 11.7. The minimum Gasteiger partial charge on any atom is -0.457 e. The van der Waals surface area contributed by atoms with Crippen molar-refractivity contribution in [2.45, 2.75) is 11.3 Å². The molecule has 0 aliphatic heterocycles. The number of hydrogen-bond acceptors (Lipinski definition) is 6. The van der Waals surface area contributed by atoms with Gasteiger partial charge in [0.1, 0.15) is 17.2 Å². The van der Waals surface area contributed by atoms with Crippen molar-refractivity contribution < 1.29 is 41.1 Å². The number of ether oxygens (including phenoxy) is 2. The Hall–Kier alpha value is -2.79. The van der Waals surface area contributed by atoms with Crippen LogP contribution in [0.5, 0.6) is 17.2 Å². The summed E-state index contributed by atoms with van der Waals surface area (Å²) in [7, 11) is -3.72. The van der Waals surface area contributed by atoms with Crippen molar-refractivity contribution in [3.63, 3.8) is 0 Å². The maximum atomic E-state index is 12.1. The lowest BCUT2D eigenvalue weighted by Crippen LogP contribution is -2.24. The topological polar surface area (TPSA) is 93.1 Å². The van der Waals surface area contributed by atoms with E-state index in [-0.39, 0.29) is 34.4 Å². The number of nitrogens with zero attached hydrogens (tertiary/aromatic N) is 1. The number of benzene rings is 2. The summed E-state index contributed by atoms with van der Waals surface area (Å²) in [6, 6.07) is 9.96. The SMILES string of the molecule is O=CN(O)CCS(=O)(=O)c1ccc(Oc2ccc(OC(F)(F)F)cc2)cc1. The maximum Gasteiger partial charge on any atom is 0.573 e. The lowest BCUT2D eigenvalue weighted by atomic mass is 10.3. The Morgan fingerprint density at radius 2 is 1.44 bits per heavy atom. The zero-order valence-electron chi connectivity index (χ0n) is 13.6. The molecule has 0 unspecified atom stereocenters. The Morgan fingerprint density at radius 1 is 0.963 bits per heavy atom. The summed E-state index contributed by atoms with van der Waals surface area (Å²) in [6.07, 6.45) is -4.69. The van der Waals surface area contributed by atoms with Crippen molar-refractivity contribution in [2.24, 2.45) is 0 Å². The van der Waals surface area contributed by atoms with Crippen molar-refractivity contribution in [1.29, 1.82) is 0 Å². The number of amides is 1. The molecule has 11 heteroatoms. The smallest absolute Gasteiger partial charge is 0.457 e. The monoisotopic (exact) mass is 405 g/mol. The number of hydroxylamine groups is 2. The van der Waals surface area contributed by atoms with Gasteiger partial charge >= 0.3 is 6.36 Å². The highest BCUT2D eigenvalue weighted by Gasteiger charge is 2.31. The van der Waals surface area contributed by atoms with Crippen LogP contribution >= 0.6 is 0 Å². The Kier molecular flexibility index (Phi) is 6.28. The molecule has 0 spiro atoms. The molecule has 1 N–H and O–H groups in total. The third-order valence-corrected chi connectivity index (χ3v) is 4.90. The molecule has 0 saturated heterocycles. The van der Waals surface area contributed by atoms with Crippen molar-refractivity contribution in [3.8, 4) is 17.2 Å². The van der Waals surface area contributed by atoms with Crippen molar-refractivity contribution >= 4 is 16.2 Å². The first-order valence-corrected chi connectivity index (χ1v) is 9.01. The van der Waals surface area contributed by atoms with Crippen LogP contribution in [0.2, 0.25) is 0 Å². The van der Waals surface area contributed by atoms with Crippen LogP contribution in [0.25, 0.3) is 0 Å². The molecule has 7 nitrogen and oxygen atoms in total. The van der Waals surface area contributed by atoms with Crippen molar-refractivity contribution in [2.75, 3.05) is 12.3 Å². The summed E-state index contributed by atoms with van der Waals surface area (Å²) in [4.78, 5) is 10.2. The predicted molar refractivity (Wildman–Crippen MR) is 86.3 cm³/mol. The molecule has 2 rings (SSSR count). The minimum absolute atomic E-state index is 0.0388. The van der Waals surface area contributed by atoms with Crippen LogP contribution in [0.1, 0.15) is 0 Å². The molecule has 2 aromatic carbocycles. The summed E-state index contributed by atoms with van der Waals surface area (Å²) in [5, 5.41) is 9.19. The Morgan fingerprint density at radius 3 is 1.93 bits per heavy atom. The van der Waals surface area contributed by atoms with Gasteiger partial charge in [-0.3, -0.25) is 10.0 Å². The molecule has 2 aromatic rings. The molecule has 0 bridgehead atoms. The Labute approximate surface area is 152 Å². The van der Waals surface area contributed by atoms with Crippen LogP contribution in [0.15, 0.2) is 53.4 Å². The summed E-state index contributed by atoms with van der Waals surface area (Å²) < 4.78 is 69.6. The molecule has 0 aromatic heterocycles. The van der Waals surface area contributed by atoms with Gasteiger partial charge in [0, 0.05) is 0 Å². The predicted octanol–water partition coefficient (Wildman–Crippen LogP) is 3.00. The fourth-order valence-corrected chi connectivity index (χ4v) is 3.16. The average molecular weight is 405 g/mol. The van der Waals surface area contributed by atoms with Gasteiger partial charge < -0.3 is 9.47 Å². The van der Waals surface area contributed by atoms with E-state index in [9.17, 15) is 26.4 Å². The van der Waals surface area contributed by atoms with E-state index >= 15 is 0 Å². The van der Waals surface area contributed by atoms with Crippen LogP contribution in [-0.2, 0) is 14.6 Å². The number of carbonyl (C=O) groups excluding carboxylic acids is 1. The first-order valence-electron chi connectivity index (χ1n) is 7.36. The lowest BCUT2D eigenvalue weighted by molar-refractivity contribution is -0.274. The zero-order valence-corrected chi connectivity index (χ0v) is 14.4. The van der Waals surface area contributed by atoms with Crippen molar-refractivity contribution in [1.82, 2.24) is 5.06 Å². The van der Waals surface area contributed by atoms with Gasteiger partial charge in [0.25, 0.3) is 0 Å². The third kappa shape index (κ3) is 6.46. The van der Waals surface area contributed by atoms with Crippen LogP contribution in [0.3, 0.4) is 0 Å². The number of halogens is 3. The second-order valence-corrected chi connectivity index (χ2v) is 7.29. The molecular weight excluding hydrogens is 391 g/mol. The average Bonchev–Trinajstić information content (AvgIpc) is 2.60. The van der Waals surface area contributed by atoms with E-state index in [2.05, 4.69) is 4.74 Å². The standard InChI is InChI=1S/C16H14F3NO6S/c17-16(18,19)26-14-3-1-12(2-4-14)25-13-5-7-15(8-6-13)27(23,24)10-9-20(22)11-21/h1-8,11,22H,9-10H2. The van der Waals surface area contributed by atoms with Gasteiger partial charge in [0.15, 0.2) is 9.84 Å². The minimum atomic E-state index is -4.79. The summed E-state index contributed by atoms with van der Waals surface area (Å²) in [6.45, 7) is -0.379. The second-order valence-electron chi connectivity index (χ2n) is 5.18. The van der Waals surface area contributed by atoms with Gasteiger partial charge in [0.2, 0.25) is 6.41 Å². The fraction of sp³-hybridized carbons (Fsp3) is 0.188. The number of sulfone groups is 1. The molecule has 0 radical (unpaired) electrons. The van der Waals surface area contributed by atoms with Crippen LogP contribution in [-0.4, -0.2) is 43.8 Å². The Balaban J connectivity index is 2.02. The van der Waals surface area contributed by atoms with E-state index in [4.69, 9.17) is 9.94 Å². The van der Waals surface area contributed by atoms with E-state index in [1.165, 1.54) is 36.4 Å². The maximum absolute atomic E-state index is 12.1. The molecule has 0 fully saturated rings. The highest BCUT2D eigenvalue weighted by molar-refractivity contribution is 7.91. The van der Waals surface area contributed by atoms with Gasteiger partial charge in [-0.05, 0) is 48.5 Å². The number of rotatable bonds is 8. The van der Waals surface area contributed by atoms with Crippen LogP contribution in [0, 0.1) is 0 Å². The quantitative estimate of drug-likeness (QED) is 0.412. The van der Waals surface area contributed by atoms with Gasteiger partial charge in [-0.1, -0.05) is 0 Å². The number of carbonyl (C=O) groups is 1. The molecule has 1 amide bonds. The number of hydrogen-bond donors (Lipinski definition) is 1. The summed E-state index contributed by atoms with van der Waals surface area (Å²) in [5.41, 5.74) is 0. The molecule has 0 aliphatic rings. The van der Waals surface area contributed by atoms with Gasteiger partial charge in [0.05, 0.1) is 17.2 Å². The summed E-state index contributed by atoms with van der Waals surface area (Å²) in [5.74, 6) is -0.384. The van der Waals surface area contributed by atoms with Crippen LogP contribution < -0.4 is 9.47 Å². The van der Waals surface area contributed by atoms with Gasteiger partial charge in [-0.2, -0.15) is 0 Å². The first kappa shape index (κ1) is 20.5. The van der Waals surface area contributed by atoms with Gasteiger partial charge in [-0.25, -0.2) is 13.5 Å². The third-order valence-electron chi connectivity index (χ3n) is 3.19. The zero-order chi connectivity index (χ0) is 20.1. The molecular formula is C16H14F3NO6S. The largest absolute Gasteiger partial charge is 0.573 e. The summed E-state index contributed by atoms with van der Waals surface area (Å²) >= 11 is 0. The molecule has 146 valence electrons. The van der Waals surface area contributed by atoms with Crippen molar-refractivity contribution in [3.05, 3.63) is 48.5 Å². The van der Waals surface area contributed by atoms with Gasteiger partial charge in [-0.15, -0.1) is 13.2 Å². The number of alkyl halides is 3. The van der Waals surface area contributed by atoms with E-state index in [0.29, 0.717) is 0 Å². The van der Waals surface area contributed by atoms with Crippen LogP contribution in [0.4, 0.5) is 13.2 Å². The van der Waals surface area contributed by atoms with E-state index in [1.807, 2.05) is 0 Å². The van der Waals surface area contributed by atoms with E-state index < -0.39 is 27.7 Å². The molecule has 0 aliphatic carbocycles. The molecule has 0 atom stereocenters. The fourth-order valence-electron chi connectivity index (χ4n) is 1.94. The lowest BCUT2D eigenvalue weighted by Gasteiger charge is -2.11. The first-order chi connectivity index (χ1) is 12.6. The second kappa shape index (κ2) is 8.27. The Bertz CT molecular complexity index is 867. The van der Waals surface area contributed by atoms with E-state index in [0.717, 1.165) is 12.1 Å². The molecule has 0 saturated carbocycles. The molecule has 0 heterocycles. The highest BCUT2D eigenvalue weighted by Crippen LogP contribution is 2.28.